The molecule has 0 aliphatic heterocycles. The van der Waals surface area contributed by atoms with E-state index in [1.165, 1.54) is 12.0 Å². The van der Waals surface area contributed by atoms with Crippen LogP contribution in [-0.2, 0) is 0 Å². The van der Waals surface area contributed by atoms with E-state index < -0.39 is 0 Å². The van der Waals surface area contributed by atoms with Crippen molar-refractivity contribution in [2.75, 3.05) is 6.61 Å². The summed E-state index contributed by atoms with van der Waals surface area (Å²) in [6.07, 6.45) is 2.04. The lowest BCUT2D eigenvalue weighted by molar-refractivity contribution is 0.0587. The Balaban J connectivity index is 1.97. The normalized spacial score (nSPS) is 27.6. The highest BCUT2D eigenvalue weighted by Gasteiger charge is 2.48. The smallest absolute Gasteiger partial charge is 0.0445 e. The van der Waals surface area contributed by atoms with Crippen molar-refractivity contribution in [2.24, 2.45) is 5.41 Å². The Morgan fingerprint density at radius 1 is 1.33 bits per heavy atom. The van der Waals surface area contributed by atoms with Gasteiger partial charge in [-0.1, -0.05) is 44.2 Å². The maximum absolute atomic E-state index is 8.96. The fourth-order valence-electron chi connectivity index (χ4n) is 3.08. The van der Waals surface area contributed by atoms with Crippen LogP contribution in [0.5, 0.6) is 0 Å². The van der Waals surface area contributed by atoms with Crippen LogP contribution in [0.2, 0.25) is 0 Å². The van der Waals surface area contributed by atoms with Crippen LogP contribution in [0.3, 0.4) is 0 Å². The van der Waals surface area contributed by atoms with E-state index in [0.717, 1.165) is 6.42 Å². The van der Waals surface area contributed by atoms with Gasteiger partial charge in [0.05, 0.1) is 0 Å². The molecule has 0 radical (unpaired) electrons. The van der Waals surface area contributed by atoms with Gasteiger partial charge in [-0.3, -0.25) is 0 Å². The second-order valence-electron chi connectivity index (χ2n) is 6.15. The maximum Gasteiger partial charge on any atom is 0.0445 e. The summed E-state index contributed by atoms with van der Waals surface area (Å²) in [5.74, 6) is 0.650. The number of aliphatic hydroxyl groups is 1. The lowest BCUT2D eigenvalue weighted by atomic mass is 9.56. The predicted octanol–water partition coefficient (Wildman–Crippen LogP) is 2.93. The fraction of sp³-hybridized carbons (Fsp3) is 0.625. The summed E-state index contributed by atoms with van der Waals surface area (Å²) in [7, 11) is 0. The minimum absolute atomic E-state index is 0.267. The molecule has 0 heterocycles. The van der Waals surface area contributed by atoms with Crippen molar-refractivity contribution < 1.29 is 5.11 Å². The zero-order valence-electron chi connectivity index (χ0n) is 11.7. The van der Waals surface area contributed by atoms with Crippen LogP contribution >= 0.6 is 0 Å². The summed E-state index contributed by atoms with van der Waals surface area (Å²) in [6.45, 7) is 7.11. The third-order valence-electron chi connectivity index (χ3n) is 4.52. The molecule has 0 bridgehead atoms. The molecule has 1 fully saturated rings. The Morgan fingerprint density at radius 3 is 2.56 bits per heavy atom. The van der Waals surface area contributed by atoms with Crippen LogP contribution in [0.15, 0.2) is 30.3 Å². The van der Waals surface area contributed by atoms with Gasteiger partial charge in [-0.25, -0.2) is 0 Å². The number of nitrogens with one attached hydrogen (secondary N) is 1. The minimum atomic E-state index is 0.267. The maximum atomic E-state index is 8.96. The number of aliphatic hydroxyl groups excluding tert-OH is 1. The van der Waals surface area contributed by atoms with Gasteiger partial charge >= 0.3 is 0 Å². The highest BCUT2D eigenvalue weighted by molar-refractivity contribution is 5.27. The standard InChI is InChI=1S/C16H25NO/c1-12(9-10-18)17-15-11-14(16(15,2)3)13-7-5-4-6-8-13/h4-8,12,14-15,17-18H,9-11H2,1-3H3/t12-,14-,15+/m1/s1. The predicted molar refractivity (Wildman–Crippen MR) is 75.7 cm³/mol. The van der Waals surface area contributed by atoms with Gasteiger partial charge in [0.15, 0.2) is 0 Å². The average Bonchev–Trinajstić information content (AvgIpc) is 2.35. The summed E-state index contributed by atoms with van der Waals surface area (Å²) in [4.78, 5) is 0. The molecule has 0 unspecified atom stereocenters. The first-order valence-corrected chi connectivity index (χ1v) is 6.97. The van der Waals surface area contributed by atoms with Crippen molar-refractivity contribution in [1.82, 2.24) is 5.32 Å². The topological polar surface area (TPSA) is 32.3 Å². The van der Waals surface area contributed by atoms with Crippen molar-refractivity contribution in [2.45, 2.75) is 51.6 Å². The van der Waals surface area contributed by atoms with Gasteiger partial charge < -0.3 is 10.4 Å². The van der Waals surface area contributed by atoms with Crippen molar-refractivity contribution in [1.29, 1.82) is 0 Å². The summed E-state index contributed by atoms with van der Waals surface area (Å²) in [5, 5.41) is 12.6. The first-order valence-electron chi connectivity index (χ1n) is 6.97. The molecule has 100 valence electrons. The first-order chi connectivity index (χ1) is 8.55. The third kappa shape index (κ3) is 2.60. The molecule has 1 aliphatic rings. The van der Waals surface area contributed by atoms with Gasteiger partial charge in [-0.15, -0.1) is 0 Å². The highest BCUT2D eigenvalue weighted by atomic mass is 16.3. The largest absolute Gasteiger partial charge is 0.396 e. The molecule has 3 atom stereocenters. The lowest BCUT2D eigenvalue weighted by Gasteiger charge is -2.54. The van der Waals surface area contributed by atoms with Gasteiger partial charge in [0.2, 0.25) is 0 Å². The van der Waals surface area contributed by atoms with Gasteiger partial charge in [0.25, 0.3) is 0 Å². The number of hydrogen-bond donors (Lipinski definition) is 2. The van der Waals surface area contributed by atoms with E-state index in [1.807, 2.05) is 0 Å². The van der Waals surface area contributed by atoms with E-state index in [4.69, 9.17) is 5.11 Å². The minimum Gasteiger partial charge on any atom is -0.396 e. The Labute approximate surface area is 110 Å². The van der Waals surface area contributed by atoms with Crippen LogP contribution in [0.1, 0.15) is 45.1 Å². The van der Waals surface area contributed by atoms with E-state index in [2.05, 4.69) is 56.4 Å². The van der Waals surface area contributed by atoms with Gasteiger partial charge in [0, 0.05) is 18.7 Å². The van der Waals surface area contributed by atoms with Crippen molar-refractivity contribution in [3.05, 3.63) is 35.9 Å². The number of hydrogen-bond acceptors (Lipinski definition) is 2. The number of rotatable bonds is 5. The molecule has 2 nitrogen and oxygen atoms in total. The summed E-state index contributed by atoms with van der Waals surface area (Å²) >= 11 is 0. The van der Waals surface area contributed by atoms with Crippen LogP contribution in [-0.4, -0.2) is 23.8 Å². The number of benzene rings is 1. The van der Waals surface area contributed by atoms with E-state index in [1.54, 1.807) is 0 Å². The Hall–Kier alpha value is -0.860. The second-order valence-corrected chi connectivity index (χ2v) is 6.15. The van der Waals surface area contributed by atoms with Crippen molar-refractivity contribution >= 4 is 0 Å². The fourth-order valence-corrected chi connectivity index (χ4v) is 3.08. The molecule has 1 aliphatic carbocycles. The van der Waals surface area contributed by atoms with E-state index in [9.17, 15) is 0 Å². The van der Waals surface area contributed by atoms with E-state index >= 15 is 0 Å². The van der Waals surface area contributed by atoms with Crippen molar-refractivity contribution in [3.63, 3.8) is 0 Å². The molecular formula is C16H25NO. The lowest BCUT2D eigenvalue weighted by Crippen LogP contribution is -2.57. The van der Waals surface area contributed by atoms with Crippen LogP contribution in [0.4, 0.5) is 0 Å². The van der Waals surface area contributed by atoms with Crippen LogP contribution in [0.25, 0.3) is 0 Å². The molecular weight excluding hydrogens is 222 g/mol. The zero-order chi connectivity index (χ0) is 13.2. The molecule has 0 aromatic heterocycles. The quantitative estimate of drug-likeness (QED) is 0.838. The van der Waals surface area contributed by atoms with Crippen LogP contribution < -0.4 is 5.32 Å². The molecule has 0 amide bonds. The monoisotopic (exact) mass is 247 g/mol. The van der Waals surface area contributed by atoms with Crippen molar-refractivity contribution in [3.8, 4) is 0 Å². The Morgan fingerprint density at radius 2 is 2.00 bits per heavy atom. The van der Waals surface area contributed by atoms with Crippen LogP contribution in [0, 0.1) is 5.41 Å². The Kier molecular flexibility index (Phi) is 4.08. The van der Waals surface area contributed by atoms with Gasteiger partial charge in [-0.2, -0.15) is 0 Å². The van der Waals surface area contributed by atoms with E-state index in [-0.39, 0.29) is 6.61 Å². The van der Waals surface area contributed by atoms with Gasteiger partial charge in [-0.05, 0) is 36.7 Å². The Bertz CT molecular complexity index is 374. The molecule has 18 heavy (non-hydrogen) atoms. The molecule has 2 heteroatoms. The highest BCUT2D eigenvalue weighted by Crippen LogP contribution is 2.52. The zero-order valence-corrected chi connectivity index (χ0v) is 11.7. The molecule has 1 aromatic rings. The van der Waals surface area contributed by atoms with E-state index in [0.29, 0.717) is 23.4 Å². The molecule has 1 aromatic carbocycles. The average molecular weight is 247 g/mol. The third-order valence-corrected chi connectivity index (χ3v) is 4.52. The summed E-state index contributed by atoms with van der Waals surface area (Å²) in [5.41, 5.74) is 1.75. The first kappa shape index (κ1) is 13.6. The second kappa shape index (κ2) is 5.41. The molecule has 0 saturated heterocycles. The molecule has 0 spiro atoms. The molecule has 1 saturated carbocycles. The SMILES string of the molecule is C[C@H](CCO)N[C@H]1C[C@H](c2ccccc2)C1(C)C. The molecule has 2 rings (SSSR count). The summed E-state index contributed by atoms with van der Waals surface area (Å²) in [6, 6.07) is 11.8. The molecule has 2 N–H and O–H groups in total. The van der Waals surface area contributed by atoms with Gasteiger partial charge in [0.1, 0.15) is 0 Å². The summed E-state index contributed by atoms with van der Waals surface area (Å²) < 4.78 is 0.